The second-order valence-corrected chi connectivity index (χ2v) is 19.2. The summed E-state index contributed by atoms with van der Waals surface area (Å²) >= 11 is 1.38. The molecular weight excluding hydrogens is 1010 g/mol. The van der Waals surface area contributed by atoms with Gasteiger partial charge in [-0.15, -0.1) is 0 Å². The number of amides is 5. The van der Waals surface area contributed by atoms with Crippen LogP contribution in [0.1, 0.15) is 76.6 Å². The van der Waals surface area contributed by atoms with Crippen LogP contribution in [0.5, 0.6) is 0 Å². The maximum absolute atomic E-state index is 15.1. The number of rotatable bonds is 34. The predicted molar refractivity (Wildman–Crippen MR) is 272 cm³/mol. The first-order valence-corrected chi connectivity index (χ1v) is 25.8. The molecule has 4 rings (SSSR count). The highest BCUT2D eigenvalue weighted by atomic mass is 32.2. The topological polar surface area (TPSA) is 221 Å². The molecule has 0 saturated carbocycles. The first-order chi connectivity index (χ1) is 35.7. The SMILES string of the molecule is CC(C)(C)C(c1cc(-c2cc(F)ccc2F)cn1Cc1ccccc1)N(CCCN)C(=O)CSCCC(=O)NCCOCCOCCOCCOCCNC(=O)CCCCCN1C(=O)C=CC1=O.O=C(O)C(F)(F)F. The lowest BCUT2D eigenvalue weighted by Gasteiger charge is -2.41. The van der Waals surface area contributed by atoms with Gasteiger partial charge in [-0.05, 0) is 61.1 Å². The van der Waals surface area contributed by atoms with Crippen molar-refractivity contribution in [3.05, 3.63) is 95.8 Å². The minimum Gasteiger partial charge on any atom is -0.475 e. The van der Waals surface area contributed by atoms with Crippen molar-refractivity contribution in [1.82, 2.24) is 25.0 Å². The molecule has 1 atom stereocenters. The van der Waals surface area contributed by atoms with Crippen LogP contribution in [-0.2, 0) is 54.3 Å². The van der Waals surface area contributed by atoms with Gasteiger partial charge in [0.25, 0.3) is 11.8 Å². The van der Waals surface area contributed by atoms with E-state index in [2.05, 4.69) is 31.4 Å². The fourth-order valence-corrected chi connectivity index (χ4v) is 8.34. The highest BCUT2D eigenvalue weighted by molar-refractivity contribution is 7.99. The van der Waals surface area contributed by atoms with Gasteiger partial charge in [-0.1, -0.05) is 57.5 Å². The highest BCUT2D eigenvalue weighted by Crippen LogP contribution is 2.41. The van der Waals surface area contributed by atoms with Gasteiger partial charge in [0.2, 0.25) is 17.7 Å². The molecular formula is C52H71F5N6O11S. The van der Waals surface area contributed by atoms with Crippen molar-refractivity contribution < 1.29 is 74.8 Å². The van der Waals surface area contributed by atoms with E-state index in [4.69, 9.17) is 34.6 Å². The Kier molecular flexibility index (Phi) is 28.9. The Bertz CT molecular complexity index is 2260. The van der Waals surface area contributed by atoms with Gasteiger partial charge in [0.15, 0.2) is 0 Å². The van der Waals surface area contributed by atoms with Gasteiger partial charge >= 0.3 is 12.1 Å². The zero-order valence-electron chi connectivity index (χ0n) is 42.8. The van der Waals surface area contributed by atoms with E-state index >= 15 is 4.39 Å². The van der Waals surface area contributed by atoms with E-state index in [1.165, 1.54) is 34.9 Å². The van der Waals surface area contributed by atoms with E-state index in [0.717, 1.165) is 29.8 Å². The van der Waals surface area contributed by atoms with Gasteiger partial charge < -0.3 is 49.9 Å². The van der Waals surface area contributed by atoms with Crippen LogP contribution in [0, 0.1) is 17.0 Å². The number of nitrogens with one attached hydrogen (secondary N) is 2. The van der Waals surface area contributed by atoms with Crippen molar-refractivity contribution in [2.45, 2.75) is 78.1 Å². The smallest absolute Gasteiger partial charge is 0.475 e. The largest absolute Gasteiger partial charge is 0.490 e. The van der Waals surface area contributed by atoms with Crippen LogP contribution in [0.3, 0.4) is 0 Å². The molecule has 3 aromatic rings. The van der Waals surface area contributed by atoms with E-state index in [1.54, 1.807) is 0 Å². The minimum absolute atomic E-state index is 0.0679. The number of aromatic nitrogens is 1. The fraction of sp³-hybridized carbons (Fsp3) is 0.538. The molecule has 0 aliphatic carbocycles. The van der Waals surface area contributed by atoms with Crippen LogP contribution < -0.4 is 16.4 Å². The Hall–Kier alpha value is -5.72. The molecule has 1 aliphatic heterocycles. The molecule has 1 aromatic heterocycles. The molecule has 5 amide bonds. The van der Waals surface area contributed by atoms with Crippen molar-refractivity contribution in [3.8, 4) is 11.1 Å². The van der Waals surface area contributed by atoms with E-state index in [1.807, 2.05) is 52.1 Å². The summed E-state index contributed by atoms with van der Waals surface area (Å²) in [6.07, 6.45) is 2.53. The van der Waals surface area contributed by atoms with Crippen LogP contribution in [0.25, 0.3) is 11.1 Å². The zero-order valence-corrected chi connectivity index (χ0v) is 43.6. The van der Waals surface area contributed by atoms with Gasteiger partial charge in [0.05, 0.1) is 64.6 Å². The second-order valence-electron chi connectivity index (χ2n) is 18.1. The molecule has 0 fully saturated rings. The number of imide groups is 1. The summed E-state index contributed by atoms with van der Waals surface area (Å²) in [5.74, 6) is -4.14. The normalized spacial score (nSPS) is 12.9. The quantitative estimate of drug-likeness (QED) is 0.0294. The van der Waals surface area contributed by atoms with Gasteiger partial charge in [-0.3, -0.25) is 28.9 Å². The number of halogens is 5. The molecule has 416 valence electrons. The average molecular weight is 1080 g/mol. The van der Waals surface area contributed by atoms with E-state index in [0.29, 0.717) is 129 Å². The van der Waals surface area contributed by atoms with Crippen LogP contribution in [0.4, 0.5) is 22.0 Å². The number of nitrogens with zero attached hydrogens (tertiary/aromatic N) is 3. The number of nitrogens with two attached hydrogens (primary N) is 1. The third-order valence-corrected chi connectivity index (χ3v) is 12.0. The Balaban J connectivity index is 0.00000197. The van der Waals surface area contributed by atoms with Crippen LogP contribution >= 0.6 is 11.8 Å². The number of alkyl halides is 3. The number of ether oxygens (including phenoxy) is 4. The lowest BCUT2D eigenvalue weighted by molar-refractivity contribution is -0.192. The molecule has 0 spiro atoms. The van der Waals surface area contributed by atoms with Gasteiger partial charge in [0.1, 0.15) is 11.6 Å². The molecule has 0 radical (unpaired) electrons. The number of hydrogen-bond acceptors (Lipinski definition) is 12. The minimum atomic E-state index is -5.08. The highest BCUT2D eigenvalue weighted by Gasteiger charge is 2.39. The first kappa shape index (κ1) is 63.6. The summed E-state index contributed by atoms with van der Waals surface area (Å²) in [6, 6.07) is 14.7. The lowest BCUT2D eigenvalue weighted by atomic mass is 9.83. The summed E-state index contributed by atoms with van der Waals surface area (Å²) in [6.45, 7) is 11.5. The molecule has 2 heterocycles. The van der Waals surface area contributed by atoms with Crippen molar-refractivity contribution >= 4 is 47.3 Å². The second kappa shape index (κ2) is 34.0. The number of carbonyl (C=O) groups is 6. The van der Waals surface area contributed by atoms with Crippen LogP contribution in [0.15, 0.2) is 72.9 Å². The average Bonchev–Trinajstić information content (AvgIpc) is 3.91. The van der Waals surface area contributed by atoms with Crippen molar-refractivity contribution in [3.63, 3.8) is 0 Å². The maximum atomic E-state index is 15.1. The van der Waals surface area contributed by atoms with Crippen LogP contribution in [-0.4, -0.2) is 158 Å². The number of carboxylic acid groups (broad SMARTS) is 1. The van der Waals surface area contributed by atoms with E-state index < -0.39 is 35.2 Å². The summed E-state index contributed by atoms with van der Waals surface area (Å²) in [4.78, 5) is 73.7. The molecule has 2 aromatic carbocycles. The maximum Gasteiger partial charge on any atom is 0.490 e. The number of aliphatic carboxylic acids is 1. The number of hydrogen-bond donors (Lipinski definition) is 4. The Morgan fingerprint density at radius 2 is 1.32 bits per heavy atom. The van der Waals surface area contributed by atoms with Crippen molar-refractivity contribution in [2.75, 3.05) is 97.1 Å². The first-order valence-electron chi connectivity index (χ1n) is 24.7. The van der Waals surface area contributed by atoms with E-state index in [9.17, 15) is 41.5 Å². The number of thioether (sulfide) groups is 1. The Morgan fingerprint density at radius 1 is 0.760 bits per heavy atom. The molecule has 23 heteroatoms. The molecule has 75 heavy (non-hydrogen) atoms. The Morgan fingerprint density at radius 3 is 1.87 bits per heavy atom. The van der Waals surface area contributed by atoms with Crippen molar-refractivity contribution in [2.24, 2.45) is 11.1 Å². The lowest BCUT2D eigenvalue weighted by Crippen LogP contribution is -2.44. The van der Waals surface area contributed by atoms with Crippen LogP contribution in [0.2, 0.25) is 0 Å². The third kappa shape index (κ3) is 24.7. The molecule has 0 bridgehead atoms. The third-order valence-electron chi connectivity index (χ3n) is 11.1. The number of carboxylic acids is 1. The predicted octanol–water partition coefficient (Wildman–Crippen LogP) is 6.29. The van der Waals surface area contributed by atoms with Gasteiger partial charge in [-0.25, -0.2) is 13.6 Å². The summed E-state index contributed by atoms with van der Waals surface area (Å²) in [5.41, 5.74) is 7.96. The molecule has 5 N–H and O–H groups in total. The number of unbranched alkanes of at least 4 members (excludes halogenated alkanes) is 2. The molecule has 1 aliphatic rings. The standard InChI is InChI=1S/C50H70F2N6O9S.C2HF3O2/c1-50(2,3)49(43-33-39(41-34-40(51)14-15-42(41)52)36-56(43)35-38-11-6-4-7-12-38)58(23-10-19-53)48(63)37-68-32-18-45(60)55-21-25-65-27-29-67-31-30-66-28-26-64-24-20-54-44(59)13-8-5-9-22-57-46(61)16-17-47(57)62;3-2(4,5)1(6)7/h4,6-7,11-12,14-17,33-34,36,49H,5,8-10,13,18-32,35,37,53H2,1-3H3,(H,54,59)(H,55,60);(H,6,7). The number of benzene rings is 2. The summed E-state index contributed by atoms with van der Waals surface area (Å²) < 4.78 is 85.3. The zero-order chi connectivity index (χ0) is 55.2. The monoisotopic (exact) mass is 1080 g/mol. The summed E-state index contributed by atoms with van der Waals surface area (Å²) in [7, 11) is 0. The van der Waals surface area contributed by atoms with E-state index in [-0.39, 0.29) is 47.3 Å². The van der Waals surface area contributed by atoms with Gasteiger partial charge in [-0.2, -0.15) is 24.9 Å². The molecule has 17 nitrogen and oxygen atoms in total. The van der Waals surface area contributed by atoms with Crippen molar-refractivity contribution in [1.29, 1.82) is 0 Å². The summed E-state index contributed by atoms with van der Waals surface area (Å²) in [5, 5.41) is 12.8. The number of carbonyl (C=O) groups excluding carboxylic acids is 5. The molecule has 0 saturated heterocycles. The fourth-order valence-electron chi connectivity index (χ4n) is 7.53. The molecule has 1 unspecified atom stereocenters. The van der Waals surface area contributed by atoms with Gasteiger partial charge in [0, 0.05) is 86.5 Å². The Labute approximate surface area is 439 Å².